The first-order valence-electron chi connectivity index (χ1n) is 9.13. The largest absolute Gasteiger partial charge is 0.368 e. The van der Waals surface area contributed by atoms with Crippen LogP contribution in [0.4, 0.5) is 0 Å². The summed E-state index contributed by atoms with van der Waals surface area (Å²) in [6.07, 6.45) is 6.97. The molecule has 0 saturated carbocycles. The number of nitrogens with zero attached hydrogens (tertiary/aromatic N) is 4. The number of benzene rings is 1. The van der Waals surface area contributed by atoms with Gasteiger partial charge in [0, 0.05) is 26.2 Å². The number of piperidine rings is 1. The molecule has 2 aromatic heterocycles. The van der Waals surface area contributed by atoms with E-state index in [1.165, 1.54) is 16.8 Å². The van der Waals surface area contributed by atoms with E-state index in [1.807, 2.05) is 18.6 Å². The fraction of sp³-hybridized carbons (Fsp3) is 0.474. The molecule has 1 spiro atoms. The zero-order valence-corrected chi connectivity index (χ0v) is 14.3. The van der Waals surface area contributed by atoms with E-state index in [1.54, 1.807) is 0 Å². The number of nitrogens with one attached hydrogen (secondary N) is 1. The van der Waals surface area contributed by atoms with Crippen LogP contribution < -0.4 is 0 Å². The van der Waals surface area contributed by atoms with E-state index < -0.39 is 0 Å². The molecule has 2 aliphatic rings. The van der Waals surface area contributed by atoms with Crippen molar-refractivity contribution in [2.75, 3.05) is 26.2 Å². The lowest BCUT2D eigenvalue weighted by molar-refractivity contribution is -0.101. The quantitative estimate of drug-likeness (QED) is 0.797. The van der Waals surface area contributed by atoms with Crippen molar-refractivity contribution in [1.29, 1.82) is 0 Å². The van der Waals surface area contributed by atoms with Gasteiger partial charge in [-0.15, -0.1) is 0 Å². The Morgan fingerprint density at radius 3 is 2.96 bits per heavy atom. The molecule has 1 N–H and O–H groups in total. The van der Waals surface area contributed by atoms with Gasteiger partial charge in [-0.1, -0.05) is 12.1 Å². The molecule has 1 fully saturated rings. The number of imidazole rings is 1. The standard InChI is InChI=1S/C19H23N5O/c1-2-4-17-16(3-1)20-14-24(17)11-10-23-8-6-19(7-9-23)18-15(5-12-25-19)13-21-22-18/h1-4,13-14H,5-12H2,(H,21,22). The average molecular weight is 337 g/mol. The van der Waals surface area contributed by atoms with Gasteiger partial charge in [-0.25, -0.2) is 4.98 Å². The molecule has 1 aromatic carbocycles. The molecule has 0 atom stereocenters. The van der Waals surface area contributed by atoms with Crippen LogP contribution in [-0.4, -0.2) is 50.9 Å². The smallest absolute Gasteiger partial charge is 0.112 e. The molecule has 4 heterocycles. The van der Waals surface area contributed by atoms with Gasteiger partial charge < -0.3 is 14.2 Å². The van der Waals surface area contributed by atoms with E-state index in [0.29, 0.717) is 0 Å². The third-order valence-electron chi connectivity index (χ3n) is 5.77. The molecule has 0 unspecified atom stereocenters. The lowest BCUT2D eigenvalue weighted by Crippen LogP contribution is -2.47. The summed E-state index contributed by atoms with van der Waals surface area (Å²) in [6, 6.07) is 8.33. The molecule has 5 rings (SSSR count). The molecular weight excluding hydrogens is 314 g/mol. The van der Waals surface area contributed by atoms with Crippen LogP contribution in [0.3, 0.4) is 0 Å². The Hall–Kier alpha value is -2.18. The number of hydrogen-bond donors (Lipinski definition) is 1. The van der Waals surface area contributed by atoms with Crippen LogP contribution in [0.15, 0.2) is 36.8 Å². The Labute approximate surface area is 146 Å². The topological polar surface area (TPSA) is 59.0 Å². The summed E-state index contributed by atoms with van der Waals surface area (Å²) in [7, 11) is 0. The fourth-order valence-corrected chi connectivity index (χ4v) is 4.29. The van der Waals surface area contributed by atoms with Gasteiger partial charge in [0.1, 0.15) is 5.60 Å². The molecule has 130 valence electrons. The van der Waals surface area contributed by atoms with Gasteiger partial charge in [-0.3, -0.25) is 5.10 Å². The number of para-hydroxylation sites is 2. The van der Waals surface area contributed by atoms with Crippen molar-refractivity contribution in [2.45, 2.75) is 31.4 Å². The maximum atomic E-state index is 6.23. The lowest BCUT2D eigenvalue weighted by Gasteiger charge is -2.43. The molecule has 0 bridgehead atoms. The predicted octanol–water partition coefficient (Wildman–Crippen LogP) is 2.32. The van der Waals surface area contributed by atoms with Crippen molar-refractivity contribution in [3.05, 3.63) is 48.0 Å². The third kappa shape index (κ3) is 2.56. The first-order valence-corrected chi connectivity index (χ1v) is 9.13. The summed E-state index contributed by atoms with van der Waals surface area (Å²) in [6.45, 7) is 4.96. The van der Waals surface area contributed by atoms with Crippen LogP contribution >= 0.6 is 0 Å². The Kier molecular flexibility index (Phi) is 3.60. The van der Waals surface area contributed by atoms with Crippen molar-refractivity contribution >= 4 is 11.0 Å². The highest BCUT2D eigenvalue weighted by Crippen LogP contribution is 2.40. The van der Waals surface area contributed by atoms with Crippen LogP contribution in [0.25, 0.3) is 11.0 Å². The Bertz CT molecular complexity index is 875. The molecule has 0 aliphatic carbocycles. The van der Waals surface area contributed by atoms with Crippen molar-refractivity contribution in [2.24, 2.45) is 0 Å². The first kappa shape index (κ1) is 15.1. The monoisotopic (exact) mass is 337 g/mol. The maximum Gasteiger partial charge on any atom is 0.112 e. The summed E-state index contributed by atoms with van der Waals surface area (Å²) in [5.41, 5.74) is 4.71. The number of H-pyrrole nitrogens is 1. The summed E-state index contributed by atoms with van der Waals surface area (Å²) in [5, 5.41) is 7.44. The second-order valence-electron chi connectivity index (χ2n) is 7.13. The van der Waals surface area contributed by atoms with E-state index in [0.717, 1.165) is 57.6 Å². The zero-order chi connectivity index (χ0) is 16.7. The molecule has 3 aromatic rings. The minimum absolute atomic E-state index is 0.137. The molecular formula is C19H23N5O. The molecule has 6 heteroatoms. The van der Waals surface area contributed by atoms with Gasteiger partial charge in [0.2, 0.25) is 0 Å². The van der Waals surface area contributed by atoms with Crippen molar-refractivity contribution in [1.82, 2.24) is 24.6 Å². The van der Waals surface area contributed by atoms with E-state index in [-0.39, 0.29) is 5.60 Å². The number of rotatable bonds is 3. The summed E-state index contributed by atoms with van der Waals surface area (Å²) in [5.74, 6) is 0. The Morgan fingerprint density at radius 1 is 1.16 bits per heavy atom. The van der Waals surface area contributed by atoms with Crippen molar-refractivity contribution in [3.63, 3.8) is 0 Å². The maximum absolute atomic E-state index is 6.23. The van der Waals surface area contributed by atoms with E-state index in [9.17, 15) is 0 Å². The van der Waals surface area contributed by atoms with Crippen LogP contribution in [-0.2, 0) is 23.3 Å². The molecule has 2 aliphatic heterocycles. The number of fused-ring (bicyclic) bond motifs is 3. The van der Waals surface area contributed by atoms with Crippen molar-refractivity contribution in [3.8, 4) is 0 Å². The van der Waals surface area contributed by atoms with Gasteiger partial charge in [0.05, 0.1) is 35.9 Å². The number of likely N-dealkylation sites (tertiary alicyclic amines) is 1. The zero-order valence-electron chi connectivity index (χ0n) is 14.3. The van der Waals surface area contributed by atoms with Crippen LogP contribution in [0.1, 0.15) is 24.1 Å². The molecule has 6 nitrogen and oxygen atoms in total. The van der Waals surface area contributed by atoms with Gasteiger partial charge in [-0.2, -0.15) is 5.10 Å². The summed E-state index contributed by atoms with van der Waals surface area (Å²) >= 11 is 0. The van der Waals surface area contributed by atoms with Gasteiger partial charge in [0.25, 0.3) is 0 Å². The number of aromatic nitrogens is 4. The highest BCUT2D eigenvalue weighted by atomic mass is 16.5. The highest BCUT2D eigenvalue weighted by molar-refractivity contribution is 5.74. The van der Waals surface area contributed by atoms with E-state index in [4.69, 9.17) is 4.74 Å². The summed E-state index contributed by atoms with van der Waals surface area (Å²) in [4.78, 5) is 7.02. The van der Waals surface area contributed by atoms with Crippen LogP contribution in [0.5, 0.6) is 0 Å². The number of aromatic amines is 1. The normalized spacial score (nSPS) is 20.2. The van der Waals surface area contributed by atoms with E-state index in [2.05, 4.69) is 42.8 Å². The number of hydrogen-bond acceptors (Lipinski definition) is 4. The third-order valence-corrected chi connectivity index (χ3v) is 5.77. The highest BCUT2D eigenvalue weighted by Gasteiger charge is 2.42. The SMILES string of the molecule is c1ccc2c(c1)ncn2CCN1CCC2(CC1)OCCc1cn[nH]c12. The second-order valence-corrected chi connectivity index (χ2v) is 7.13. The van der Waals surface area contributed by atoms with Gasteiger partial charge in [-0.05, 0) is 37.0 Å². The fourth-order valence-electron chi connectivity index (χ4n) is 4.29. The second kappa shape index (κ2) is 5.97. The Balaban J connectivity index is 1.24. The lowest BCUT2D eigenvalue weighted by atomic mass is 9.84. The van der Waals surface area contributed by atoms with Gasteiger partial charge in [0.15, 0.2) is 0 Å². The van der Waals surface area contributed by atoms with Crippen LogP contribution in [0, 0.1) is 0 Å². The summed E-state index contributed by atoms with van der Waals surface area (Å²) < 4.78 is 8.49. The minimum atomic E-state index is -0.137. The van der Waals surface area contributed by atoms with Gasteiger partial charge >= 0.3 is 0 Å². The predicted molar refractivity (Wildman–Crippen MR) is 95.3 cm³/mol. The van der Waals surface area contributed by atoms with Crippen LogP contribution in [0.2, 0.25) is 0 Å². The molecule has 0 radical (unpaired) electrons. The molecule has 0 amide bonds. The first-order chi connectivity index (χ1) is 12.3. The molecule has 25 heavy (non-hydrogen) atoms. The van der Waals surface area contributed by atoms with Crippen molar-refractivity contribution < 1.29 is 4.74 Å². The van der Waals surface area contributed by atoms with E-state index >= 15 is 0 Å². The average Bonchev–Trinajstić information content (AvgIpc) is 3.29. The minimum Gasteiger partial charge on any atom is -0.368 e. The Morgan fingerprint density at radius 2 is 2.04 bits per heavy atom. The molecule has 1 saturated heterocycles. The number of ether oxygens (including phenoxy) is 1.